The molecule has 1 aromatic rings. The summed E-state index contributed by atoms with van der Waals surface area (Å²) in [6.45, 7) is 3.05. The third-order valence-electron chi connectivity index (χ3n) is 4.82. The highest BCUT2D eigenvalue weighted by Gasteiger charge is 2.25. The number of aliphatic imine (C=N–C) groups is 1. The van der Waals surface area contributed by atoms with Crippen molar-refractivity contribution in [3.05, 3.63) is 35.9 Å². The lowest BCUT2D eigenvalue weighted by molar-refractivity contribution is -0.121. The lowest BCUT2D eigenvalue weighted by atomic mass is 9.95. The molecular weight excluding hydrogens is 360 g/mol. The Labute approximate surface area is 165 Å². The number of carbonyl (C=O) groups is 1. The minimum absolute atomic E-state index is 0.0119. The number of nitrogens with zero attached hydrogens (tertiary/aromatic N) is 1. The van der Waals surface area contributed by atoms with Gasteiger partial charge in [0.1, 0.15) is 0 Å². The van der Waals surface area contributed by atoms with E-state index in [1.54, 1.807) is 7.05 Å². The molecule has 1 amide bonds. The van der Waals surface area contributed by atoms with Gasteiger partial charge >= 0.3 is 0 Å². The normalized spacial score (nSPS) is 21.3. The van der Waals surface area contributed by atoms with Crippen LogP contribution in [0.15, 0.2) is 35.3 Å². The van der Waals surface area contributed by atoms with Crippen molar-refractivity contribution in [3.8, 4) is 0 Å². The van der Waals surface area contributed by atoms with Crippen LogP contribution in [0.2, 0.25) is 0 Å². The van der Waals surface area contributed by atoms with E-state index in [0.717, 1.165) is 37.0 Å². The zero-order valence-electron chi connectivity index (χ0n) is 16.4. The van der Waals surface area contributed by atoms with Crippen LogP contribution in [-0.4, -0.2) is 46.7 Å². The van der Waals surface area contributed by atoms with Crippen molar-refractivity contribution in [3.63, 3.8) is 0 Å². The van der Waals surface area contributed by atoms with Crippen molar-refractivity contribution in [2.24, 2.45) is 4.99 Å². The Morgan fingerprint density at radius 1 is 1.22 bits per heavy atom. The minimum Gasteiger partial charge on any atom is -0.356 e. The summed E-state index contributed by atoms with van der Waals surface area (Å²) in [5.41, 5.74) is 1.09. The Morgan fingerprint density at radius 2 is 2.00 bits per heavy atom. The summed E-state index contributed by atoms with van der Waals surface area (Å²) >= 11 is 0. The molecule has 150 valence electrons. The molecule has 0 spiro atoms. The smallest absolute Gasteiger partial charge is 0.222 e. The van der Waals surface area contributed by atoms with Crippen LogP contribution >= 0.6 is 0 Å². The SMILES string of the molecule is CCS(=O)C1CCCC(NC(=NC)NCCC(=O)NCc2ccccc2)C1. The van der Waals surface area contributed by atoms with Crippen LogP contribution in [0.25, 0.3) is 0 Å². The lowest BCUT2D eigenvalue weighted by Gasteiger charge is -2.30. The first kappa shape index (κ1) is 21.4. The number of nitrogens with one attached hydrogen (secondary N) is 3. The van der Waals surface area contributed by atoms with Gasteiger partial charge in [0.25, 0.3) is 0 Å². The summed E-state index contributed by atoms with van der Waals surface area (Å²) in [5.74, 6) is 1.44. The van der Waals surface area contributed by atoms with Crippen LogP contribution < -0.4 is 16.0 Å². The third-order valence-corrected chi connectivity index (χ3v) is 6.56. The van der Waals surface area contributed by atoms with Gasteiger partial charge in [-0.3, -0.25) is 14.0 Å². The molecule has 1 aliphatic rings. The molecule has 0 saturated heterocycles. The molecule has 0 heterocycles. The first-order chi connectivity index (χ1) is 13.1. The molecular formula is C20H32N4O2S. The van der Waals surface area contributed by atoms with Crippen LogP contribution in [0.5, 0.6) is 0 Å². The van der Waals surface area contributed by atoms with Gasteiger partial charge in [0.2, 0.25) is 5.91 Å². The Hall–Kier alpha value is -1.89. The molecule has 1 aliphatic carbocycles. The summed E-state index contributed by atoms with van der Waals surface area (Å²) in [5, 5.41) is 9.83. The quantitative estimate of drug-likeness (QED) is 0.466. The van der Waals surface area contributed by atoms with Gasteiger partial charge in [0, 0.05) is 54.4 Å². The largest absolute Gasteiger partial charge is 0.356 e. The lowest BCUT2D eigenvalue weighted by Crippen LogP contribution is -2.47. The molecule has 2 rings (SSSR count). The number of hydrogen-bond donors (Lipinski definition) is 3. The molecule has 27 heavy (non-hydrogen) atoms. The van der Waals surface area contributed by atoms with Crippen molar-refractivity contribution in [2.45, 2.75) is 56.9 Å². The zero-order chi connectivity index (χ0) is 19.5. The van der Waals surface area contributed by atoms with Gasteiger partial charge in [-0.15, -0.1) is 0 Å². The fraction of sp³-hybridized carbons (Fsp3) is 0.600. The average molecular weight is 393 g/mol. The summed E-state index contributed by atoms with van der Waals surface area (Å²) in [4.78, 5) is 16.2. The second-order valence-electron chi connectivity index (χ2n) is 6.81. The maximum atomic E-state index is 12.1. The maximum absolute atomic E-state index is 12.1. The van der Waals surface area contributed by atoms with Gasteiger partial charge in [-0.1, -0.05) is 43.7 Å². The average Bonchev–Trinajstić information content (AvgIpc) is 2.71. The fourth-order valence-electron chi connectivity index (χ4n) is 3.32. The van der Waals surface area contributed by atoms with Gasteiger partial charge < -0.3 is 16.0 Å². The number of guanidine groups is 1. The first-order valence-electron chi connectivity index (χ1n) is 9.77. The van der Waals surface area contributed by atoms with E-state index < -0.39 is 10.8 Å². The number of amides is 1. The maximum Gasteiger partial charge on any atom is 0.222 e. The van der Waals surface area contributed by atoms with Gasteiger partial charge in [-0.05, 0) is 24.8 Å². The van der Waals surface area contributed by atoms with E-state index in [9.17, 15) is 9.00 Å². The van der Waals surface area contributed by atoms with Crippen molar-refractivity contribution in [2.75, 3.05) is 19.3 Å². The van der Waals surface area contributed by atoms with E-state index >= 15 is 0 Å². The topological polar surface area (TPSA) is 82.6 Å². The van der Waals surface area contributed by atoms with Crippen LogP contribution in [-0.2, 0) is 22.1 Å². The molecule has 3 atom stereocenters. The molecule has 6 nitrogen and oxygen atoms in total. The van der Waals surface area contributed by atoms with Crippen LogP contribution in [0, 0.1) is 0 Å². The molecule has 0 radical (unpaired) electrons. The number of hydrogen-bond acceptors (Lipinski definition) is 3. The van der Waals surface area contributed by atoms with E-state index in [1.165, 1.54) is 0 Å². The molecule has 3 N–H and O–H groups in total. The van der Waals surface area contributed by atoms with Gasteiger partial charge in [-0.25, -0.2) is 0 Å². The summed E-state index contributed by atoms with van der Waals surface area (Å²) in [7, 11) is 0.998. The minimum atomic E-state index is -0.734. The molecule has 1 fully saturated rings. The van der Waals surface area contributed by atoms with Crippen LogP contribution in [0.1, 0.15) is 44.6 Å². The van der Waals surface area contributed by atoms with Gasteiger partial charge in [0.05, 0.1) is 0 Å². The monoisotopic (exact) mass is 392 g/mol. The standard InChI is InChI=1S/C20H32N4O2S/c1-3-27(26)18-11-7-10-17(14-18)24-20(21-2)22-13-12-19(25)23-15-16-8-5-4-6-9-16/h4-6,8-9,17-18H,3,7,10-15H2,1-2H3,(H,23,25)(H2,21,22,24). The second-order valence-corrected chi connectivity index (χ2v) is 8.82. The third kappa shape index (κ3) is 7.71. The van der Waals surface area contributed by atoms with E-state index in [0.29, 0.717) is 25.5 Å². The second kappa shape index (κ2) is 11.7. The fourth-order valence-corrected chi connectivity index (χ4v) is 4.67. The van der Waals surface area contributed by atoms with Crippen molar-refractivity contribution < 1.29 is 9.00 Å². The Morgan fingerprint density at radius 3 is 2.70 bits per heavy atom. The van der Waals surface area contributed by atoms with Crippen LogP contribution in [0.3, 0.4) is 0 Å². The summed E-state index contributed by atoms with van der Waals surface area (Å²) in [6, 6.07) is 10.2. The highest BCUT2D eigenvalue weighted by molar-refractivity contribution is 7.85. The van der Waals surface area contributed by atoms with Crippen LogP contribution in [0.4, 0.5) is 0 Å². The molecule has 0 aromatic heterocycles. The van der Waals surface area contributed by atoms with E-state index in [2.05, 4.69) is 20.9 Å². The highest BCUT2D eigenvalue weighted by atomic mass is 32.2. The highest BCUT2D eigenvalue weighted by Crippen LogP contribution is 2.22. The van der Waals surface area contributed by atoms with Gasteiger partial charge in [-0.2, -0.15) is 0 Å². The molecule has 3 unspecified atom stereocenters. The van der Waals surface area contributed by atoms with Crippen molar-refractivity contribution >= 4 is 22.7 Å². The molecule has 1 aromatic carbocycles. The molecule has 1 saturated carbocycles. The first-order valence-corrected chi connectivity index (χ1v) is 11.2. The summed E-state index contributed by atoms with van der Waals surface area (Å²) < 4.78 is 12.1. The molecule has 0 bridgehead atoms. The number of benzene rings is 1. The zero-order valence-corrected chi connectivity index (χ0v) is 17.2. The predicted molar refractivity (Wildman–Crippen MR) is 112 cm³/mol. The molecule has 0 aliphatic heterocycles. The van der Waals surface area contributed by atoms with Crippen molar-refractivity contribution in [1.29, 1.82) is 0 Å². The Balaban J connectivity index is 1.67. The summed E-state index contributed by atoms with van der Waals surface area (Å²) in [6.07, 6.45) is 4.51. The Kier molecular flexibility index (Phi) is 9.31. The Bertz CT molecular complexity index is 636. The van der Waals surface area contributed by atoms with E-state index in [-0.39, 0.29) is 17.2 Å². The number of rotatable bonds is 8. The van der Waals surface area contributed by atoms with E-state index in [1.807, 2.05) is 37.3 Å². The van der Waals surface area contributed by atoms with Gasteiger partial charge in [0.15, 0.2) is 5.96 Å². The van der Waals surface area contributed by atoms with Crippen molar-refractivity contribution in [1.82, 2.24) is 16.0 Å². The molecule has 7 heteroatoms. The van der Waals surface area contributed by atoms with E-state index in [4.69, 9.17) is 0 Å². The number of carbonyl (C=O) groups excluding carboxylic acids is 1. The predicted octanol–water partition coefficient (Wildman–Crippen LogP) is 1.94.